The van der Waals surface area contributed by atoms with Crippen LogP contribution in [0.1, 0.15) is 31.9 Å². The predicted molar refractivity (Wildman–Crippen MR) is 103 cm³/mol. The van der Waals surface area contributed by atoms with Gasteiger partial charge >= 0.3 is 0 Å². The Bertz CT molecular complexity index is 534. The van der Waals surface area contributed by atoms with E-state index in [1.165, 1.54) is 44.6 Å². The highest BCUT2D eigenvalue weighted by Gasteiger charge is 2.15. The van der Waals surface area contributed by atoms with Gasteiger partial charge in [-0.25, -0.2) is 0 Å². The third-order valence-corrected chi connectivity index (χ3v) is 4.88. The third-order valence-electron chi connectivity index (χ3n) is 4.67. The van der Waals surface area contributed by atoms with Crippen LogP contribution in [0.25, 0.3) is 0 Å². The molecule has 5 nitrogen and oxygen atoms in total. The van der Waals surface area contributed by atoms with Crippen molar-refractivity contribution < 1.29 is 0 Å². The summed E-state index contributed by atoms with van der Waals surface area (Å²) in [5.41, 5.74) is 1.17. The number of nitrogens with one attached hydrogen (secondary N) is 1. The van der Waals surface area contributed by atoms with Gasteiger partial charge in [0.25, 0.3) is 0 Å². The summed E-state index contributed by atoms with van der Waals surface area (Å²) in [6.45, 7) is 7.72. The minimum absolute atomic E-state index is 0.609. The Morgan fingerprint density at radius 2 is 2.08 bits per heavy atom. The summed E-state index contributed by atoms with van der Waals surface area (Å²) < 4.78 is 2.06. The van der Waals surface area contributed by atoms with Crippen molar-refractivity contribution in [3.05, 3.63) is 23.0 Å². The van der Waals surface area contributed by atoms with E-state index in [0.29, 0.717) is 5.92 Å². The summed E-state index contributed by atoms with van der Waals surface area (Å²) in [6.07, 6.45) is 6.03. The van der Waals surface area contributed by atoms with E-state index in [1.54, 1.807) is 0 Å². The zero-order valence-corrected chi connectivity index (χ0v) is 16.3. The first-order chi connectivity index (χ1) is 11.5. The molecule has 1 unspecified atom stereocenters. The van der Waals surface area contributed by atoms with Crippen molar-refractivity contribution in [3.8, 4) is 0 Å². The van der Waals surface area contributed by atoms with E-state index < -0.39 is 0 Å². The molecule has 1 atom stereocenters. The zero-order chi connectivity index (χ0) is 17.5. The monoisotopic (exact) mass is 353 g/mol. The molecule has 0 aliphatic carbocycles. The molecule has 1 fully saturated rings. The topological polar surface area (TPSA) is 35.8 Å². The molecule has 0 spiro atoms. The molecule has 1 aromatic rings. The van der Waals surface area contributed by atoms with Crippen LogP contribution in [-0.2, 0) is 13.6 Å². The van der Waals surface area contributed by atoms with Crippen LogP contribution >= 0.6 is 11.6 Å². The zero-order valence-electron chi connectivity index (χ0n) is 15.6. The van der Waals surface area contributed by atoms with E-state index >= 15 is 0 Å². The molecule has 0 saturated carbocycles. The average Bonchev–Trinajstić information content (AvgIpc) is 2.86. The summed E-state index contributed by atoms with van der Waals surface area (Å²) >= 11 is 6.07. The Labute approximate surface area is 151 Å². The molecule has 1 aliphatic heterocycles. The van der Waals surface area contributed by atoms with Gasteiger partial charge in [0, 0.05) is 46.1 Å². The lowest BCUT2D eigenvalue weighted by Crippen LogP contribution is -2.43. The third kappa shape index (κ3) is 5.71. The number of likely N-dealkylation sites (tertiary alicyclic amines) is 1. The lowest BCUT2D eigenvalue weighted by molar-refractivity contribution is 0.200. The predicted octanol–water partition coefficient (Wildman–Crippen LogP) is 2.81. The van der Waals surface area contributed by atoms with Gasteiger partial charge in [-0.15, -0.1) is 0 Å². The second-order valence-electron chi connectivity index (χ2n) is 7.01. The highest BCUT2D eigenvalue weighted by molar-refractivity contribution is 6.30. The fraction of sp³-hybridized carbons (Fsp3) is 0.722. The van der Waals surface area contributed by atoms with Crippen LogP contribution in [0.3, 0.4) is 0 Å². The number of guanidine groups is 1. The first kappa shape index (κ1) is 19.1. The number of aliphatic imine (C=N–C) groups is 1. The van der Waals surface area contributed by atoms with Gasteiger partial charge in [-0.2, -0.15) is 0 Å². The number of hydrogen-bond acceptors (Lipinski definition) is 2. The normalized spacial score (nSPS) is 17.8. The van der Waals surface area contributed by atoms with Crippen LogP contribution in [0.15, 0.2) is 17.3 Å². The number of rotatable bonds is 6. The fourth-order valence-electron chi connectivity index (χ4n) is 3.34. The molecule has 1 saturated heterocycles. The number of nitrogens with zero attached hydrogens (tertiary/aromatic N) is 4. The summed E-state index contributed by atoms with van der Waals surface area (Å²) in [5.74, 6) is 1.54. The standard InChI is InChI=1S/C18H32ClN5/c1-15(12-24-8-6-5-7-9-24)11-21-18(20-2)23(4)14-17-10-16(19)13-22(17)3/h10,13,15H,5-9,11-12,14H2,1-4H3,(H,20,21). The van der Waals surface area contributed by atoms with E-state index in [0.717, 1.165) is 24.1 Å². The molecule has 1 aliphatic rings. The number of piperidine rings is 1. The van der Waals surface area contributed by atoms with Crippen molar-refractivity contribution in [2.24, 2.45) is 18.0 Å². The molecular weight excluding hydrogens is 322 g/mol. The Hall–Kier alpha value is -1.20. The van der Waals surface area contributed by atoms with E-state index in [1.807, 2.05) is 26.4 Å². The minimum Gasteiger partial charge on any atom is -0.356 e. The van der Waals surface area contributed by atoms with Crippen molar-refractivity contribution in [3.63, 3.8) is 0 Å². The maximum atomic E-state index is 6.07. The highest BCUT2D eigenvalue weighted by atomic mass is 35.5. The molecule has 6 heteroatoms. The van der Waals surface area contributed by atoms with Crippen LogP contribution in [0.4, 0.5) is 0 Å². The lowest BCUT2D eigenvalue weighted by atomic mass is 10.1. The van der Waals surface area contributed by atoms with E-state index in [4.69, 9.17) is 11.6 Å². The van der Waals surface area contributed by atoms with Crippen molar-refractivity contribution in [2.75, 3.05) is 40.3 Å². The SMILES string of the molecule is CN=C(NCC(C)CN1CCCCC1)N(C)Cc1cc(Cl)cn1C. The van der Waals surface area contributed by atoms with Crippen LogP contribution in [0.2, 0.25) is 5.02 Å². The molecule has 1 aromatic heterocycles. The number of aromatic nitrogens is 1. The highest BCUT2D eigenvalue weighted by Crippen LogP contribution is 2.14. The molecule has 2 heterocycles. The van der Waals surface area contributed by atoms with E-state index in [9.17, 15) is 0 Å². The molecule has 0 bridgehead atoms. The van der Waals surface area contributed by atoms with Crippen LogP contribution in [-0.4, -0.2) is 60.6 Å². The number of aryl methyl sites for hydroxylation is 1. The van der Waals surface area contributed by atoms with Gasteiger partial charge in [0.1, 0.15) is 0 Å². The summed E-state index contributed by atoms with van der Waals surface area (Å²) in [6, 6.07) is 2.00. The second-order valence-corrected chi connectivity index (χ2v) is 7.45. The van der Waals surface area contributed by atoms with Gasteiger partial charge in [0.05, 0.1) is 11.6 Å². The van der Waals surface area contributed by atoms with Gasteiger partial charge in [0.2, 0.25) is 0 Å². The Kier molecular flexibility index (Phi) is 7.43. The maximum Gasteiger partial charge on any atom is 0.193 e. The van der Waals surface area contributed by atoms with Gasteiger partial charge < -0.3 is 19.7 Å². The first-order valence-corrected chi connectivity index (χ1v) is 9.32. The van der Waals surface area contributed by atoms with Crippen LogP contribution in [0, 0.1) is 5.92 Å². The molecule has 24 heavy (non-hydrogen) atoms. The van der Waals surface area contributed by atoms with Crippen molar-refractivity contribution in [2.45, 2.75) is 32.7 Å². The first-order valence-electron chi connectivity index (χ1n) is 8.94. The summed E-state index contributed by atoms with van der Waals surface area (Å²) in [7, 11) is 5.92. The van der Waals surface area contributed by atoms with Crippen molar-refractivity contribution in [1.29, 1.82) is 0 Å². The molecule has 0 aromatic carbocycles. The van der Waals surface area contributed by atoms with E-state index in [2.05, 4.69) is 38.6 Å². The molecule has 2 rings (SSSR count). The van der Waals surface area contributed by atoms with Gasteiger partial charge in [-0.1, -0.05) is 24.9 Å². The van der Waals surface area contributed by atoms with Crippen molar-refractivity contribution in [1.82, 2.24) is 19.7 Å². The van der Waals surface area contributed by atoms with E-state index in [-0.39, 0.29) is 0 Å². The molecule has 136 valence electrons. The molecular formula is C18H32ClN5. The second kappa shape index (κ2) is 9.33. The Balaban J connectivity index is 1.79. The maximum absolute atomic E-state index is 6.07. The van der Waals surface area contributed by atoms with Gasteiger partial charge in [-0.05, 0) is 37.9 Å². The lowest BCUT2D eigenvalue weighted by Gasteiger charge is -2.30. The Morgan fingerprint density at radius 1 is 1.38 bits per heavy atom. The molecule has 1 N–H and O–H groups in total. The quantitative estimate of drug-likeness (QED) is 0.631. The fourth-order valence-corrected chi connectivity index (χ4v) is 3.61. The molecule has 0 amide bonds. The Morgan fingerprint density at radius 3 is 2.67 bits per heavy atom. The van der Waals surface area contributed by atoms with Crippen molar-refractivity contribution >= 4 is 17.6 Å². The van der Waals surface area contributed by atoms with Gasteiger partial charge in [-0.3, -0.25) is 4.99 Å². The molecule has 0 radical (unpaired) electrons. The average molecular weight is 354 g/mol. The number of hydrogen-bond donors (Lipinski definition) is 1. The van der Waals surface area contributed by atoms with Crippen LogP contribution < -0.4 is 5.32 Å². The smallest absolute Gasteiger partial charge is 0.193 e. The number of halogens is 1. The summed E-state index contributed by atoms with van der Waals surface area (Å²) in [5, 5.41) is 4.29. The van der Waals surface area contributed by atoms with Gasteiger partial charge in [0.15, 0.2) is 5.96 Å². The largest absolute Gasteiger partial charge is 0.356 e. The minimum atomic E-state index is 0.609. The van der Waals surface area contributed by atoms with Crippen LogP contribution in [0.5, 0.6) is 0 Å². The summed E-state index contributed by atoms with van der Waals surface area (Å²) in [4.78, 5) is 9.14.